The number of allylic oxidation sites excluding steroid dienone is 7. The molecule has 0 fully saturated rings. The van der Waals surface area contributed by atoms with Crippen molar-refractivity contribution in [3.05, 3.63) is 208 Å². The van der Waals surface area contributed by atoms with Crippen LogP contribution >= 0.6 is 0 Å². The molecular formula is C50H38N2O. The van der Waals surface area contributed by atoms with E-state index in [2.05, 4.69) is 164 Å². The highest BCUT2D eigenvalue weighted by Gasteiger charge is 2.52. The van der Waals surface area contributed by atoms with E-state index in [0.717, 1.165) is 53.3 Å². The fourth-order valence-corrected chi connectivity index (χ4v) is 8.99. The van der Waals surface area contributed by atoms with Crippen LogP contribution in [0.5, 0.6) is 5.75 Å². The summed E-state index contributed by atoms with van der Waals surface area (Å²) in [5, 5.41) is 0. The van der Waals surface area contributed by atoms with Crippen molar-refractivity contribution in [2.75, 3.05) is 0 Å². The number of aliphatic imine (C=N–C) groups is 1. The molecule has 0 saturated carbocycles. The van der Waals surface area contributed by atoms with Crippen LogP contribution in [0.3, 0.4) is 0 Å². The van der Waals surface area contributed by atoms with Gasteiger partial charge in [-0.3, -0.25) is 9.98 Å². The molecule has 10 rings (SSSR count). The lowest BCUT2D eigenvalue weighted by Gasteiger charge is -2.42. The molecule has 1 unspecified atom stereocenters. The minimum Gasteiger partial charge on any atom is -0.457 e. The van der Waals surface area contributed by atoms with Crippen molar-refractivity contribution in [2.45, 2.75) is 38.5 Å². The Labute approximate surface area is 311 Å². The van der Waals surface area contributed by atoms with Crippen molar-refractivity contribution >= 4 is 11.3 Å². The van der Waals surface area contributed by atoms with Gasteiger partial charge in [-0.15, -0.1) is 0 Å². The van der Waals surface area contributed by atoms with Gasteiger partial charge in [0.05, 0.1) is 11.1 Å². The summed E-state index contributed by atoms with van der Waals surface area (Å²) in [6.45, 7) is 4.26. The van der Waals surface area contributed by atoms with Crippen molar-refractivity contribution in [3.8, 4) is 39.1 Å². The van der Waals surface area contributed by atoms with E-state index in [1.807, 2.05) is 12.4 Å². The zero-order chi connectivity index (χ0) is 35.5. The summed E-state index contributed by atoms with van der Waals surface area (Å²) in [6, 6.07) is 44.4. The summed E-state index contributed by atoms with van der Waals surface area (Å²) in [5.74, 6) is 1.89. The molecule has 0 radical (unpaired) electrons. The second kappa shape index (κ2) is 12.4. The minimum atomic E-state index is -0.516. The van der Waals surface area contributed by atoms with E-state index in [1.165, 1.54) is 66.8 Å². The molecule has 0 bridgehead atoms. The largest absolute Gasteiger partial charge is 0.457 e. The number of pyridine rings is 1. The van der Waals surface area contributed by atoms with Crippen molar-refractivity contribution in [1.82, 2.24) is 4.98 Å². The quantitative estimate of drug-likeness (QED) is 0.185. The van der Waals surface area contributed by atoms with Gasteiger partial charge in [0, 0.05) is 34.8 Å². The topological polar surface area (TPSA) is 34.5 Å². The van der Waals surface area contributed by atoms with Gasteiger partial charge in [0.25, 0.3) is 0 Å². The number of benzene rings is 5. The summed E-state index contributed by atoms with van der Waals surface area (Å²) in [7, 11) is 0. The van der Waals surface area contributed by atoms with Gasteiger partial charge in [-0.2, -0.15) is 0 Å². The Morgan fingerprint density at radius 3 is 2.26 bits per heavy atom. The number of rotatable bonds is 4. The first-order valence-corrected chi connectivity index (χ1v) is 18.6. The first kappa shape index (κ1) is 31.4. The van der Waals surface area contributed by atoms with Crippen molar-refractivity contribution in [3.63, 3.8) is 0 Å². The van der Waals surface area contributed by atoms with Crippen molar-refractivity contribution in [1.29, 1.82) is 0 Å². The highest BCUT2D eigenvalue weighted by atomic mass is 16.5. The number of nitrogens with zero attached hydrogens (tertiary/aromatic N) is 2. The van der Waals surface area contributed by atoms with E-state index < -0.39 is 5.41 Å². The number of aryl methyl sites for hydroxylation is 1. The van der Waals surface area contributed by atoms with Crippen molar-refractivity contribution < 1.29 is 4.74 Å². The number of ether oxygens (including phenoxy) is 1. The minimum absolute atomic E-state index is 0.516. The smallest absolute Gasteiger partial charge is 0.132 e. The second-order valence-electron chi connectivity index (χ2n) is 14.5. The summed E-state index contributed by atoms with van der Waals surface area (Å²) >= 11 is 0. The molecule has 3 nitrogen and oxygen atoms in total. The molecule has 1 atom stereocenters. The number of aromatic nitrogens is 1. The van der Waals surface area contributed by atoms with E-state index in [1.54, 1.807) is 0 Å². The summed E-state index contributed by atoms with van der Waals surface area (Å²) < 4.78 is 6.86. The molecule has 0 amide bonds. The second-order valence-corrected chi connectivity index (χ2v) is 14.5. The molecule has 4 aliphatic rings. The predicted octanol–water partition coefficient (Wildman–Crippen LogP) is 12.2. The van der Waals surface area contributed by atoms with Gasteiger partial charge in [0.15, 0.2) is 0 Å². The lowest BCUT2D eigenvalue weighted by Crippen LogP contribution is -2.35. The molecule has 0 N–H and O–H groups in total. The average molecular weight is 683 g/mol. The molecule has 3 heteroatoms. The average Bonchev–Trinajstić information content (AvgIpc) is 3.33. The Morgan fingerprint density at radius 2 is 1.40 bits per heavy atom. The van der Waals surface area contributed by atoms with Crippen LogP contribution in [-0.4, -0.2) is 10.7 Å². The van der Waals surface area contributed by atoms with E-state index >= 15 is 0 Å². The maximum absolute atomic E-state index is 6.86. The maximum atomic E-state index is 6.86. The third-order valence-corrected chi connectivity index (χ3v) is 11.5. The van der Waals surface area contributed by atoms with Crippen LogP contribution in [0.15, 0.2) is 180 Å². The van der Waals surface area contributed by atoms with Crippen LogP contribution in [0.4, 0.5) is 0 Å². The number of hydrogen-bond donors (Lipinski definition) is 0. The van der Waals surface area contributed by atoms with Crippen LogP contribution in [-0.2, 0) is 5.41 Å². The number of fused-ring (bicyclic) bond motifs is 8. The van der Waals surface area contributed by atoms with Gasteiger partial charge >= 0.3 is 0 Å². The van der Waals surface area contributed by atoms with Crippen LogP contribution in [0.2, 0.25) is 0 Å². The van der Waals surface area contributed by atoms with E-state index in [9.17, 15) is 0 Å². The molecule has 2 aliphatic heterocycles. The first-order valence-electron chi connectivity index (χ1n) is 18.6. The van der Waals surface area contributed by atoms with Gasteiger partial charge in [0.1, 0.15) is 11.5 Å². The van der Waals surface area contributed by atoms with Gasteiger partial charge in [-0.1, -0.05) is 109 Å². The zero-order valence-corrected chi connectivity index (χ0v) is 29.9. The Balaban J connectivity index is 1.22. The lowest BCUT2D eigenvalue weighted by atomic mass is 9.63. The van der Waals surface area contributed by atoms with Gasteiger partial charge in [-0.25, -0.2) is 0 Å². The predicted molar refractivity (Wildman–Crippen MR) is 217 cm³/mol. The molecule has 1 spiro atoms. The van der Waals surface area contributed by atoms with Crippen LogP contribution in [0, 0.1) is 6.92 Å². The molecule has 0 saturated heterocycles. The third kappa shape index (κ3) is 4.95. The highest BCUT2D eigenvalue weighted by molar-refractivity contribution is 6.13. The van der Waals surface area contributed by atoms with Gasteiger partial charge in [0.2, 0.25) is 0 Å². The molecule has 254 valence electrons. The molecule has 53 heavy (non-hydrogen) atoms. The molecule has 1 aromatic heterocycles. The fraction of sp³-hybridized carbons (Fsp3) is 0.120. The summed E-state index contributed by atoms with van der Waals surface area (Å²) in [6.07, 6.45) is 15.5. The third-order valence-electron chi connectivity index (χ3n) is 11.5. The van der Waals surface area contributed by atoms with Crippen LogP contribution < -0.4 is 4.74 Å². The van der Waals surface area contributed by atoms with Gasteiger partial charge in [-0.05, 0) is 131 Å². The molecule has 6 aromatic rings. The molecule has 3 heterocycles. The normalized spacial score (nSPS) is 18.2. The van der Waals surface area contributed by atoms with Gasteiger partial charge < -0.3 is 4.74 Å². The fourth-order valence-electron chi connectivity index (χ4n) is 8.99. The van der Waals surface area contributed by atoms with E-state index in [4.69, 9.17) is 9.73 Å². The first-order chi connectivity index (χ1) is 26.1. The number of hydrogen-bond acceptors (Lipinski definition) is 3. The van der Waals surface area contributed by atoms with E-state index in [0.29, 0.717) is 0 Å². The Morgan fingerprint density at radius 1 is 0.642 bits per heavy atom. The SMILES string of the molecule is CC1=CCC(c2ccc3c(c2)C2(C4=C(C=CCC4)O3)c3ccccc3-c3ccc(-c4ccccc4-c4cnccc4C)cc32)=CC(c2ccccc2)=N1. The van der Waals surface area contributed by atoms with Crippen molar-refractivity contribution in [2.24, 2.45) is 4.99 Å². The summed E-state index contributed by atoms with van der Waals surface area (Å²) in [5.41, 5.74) is 18.8. The molecule has 2 aliphatic carbocycles. The Kier molecular flexibility index (Phi) is 7.36. The Bertz CT molecular complexity index is 2640. The zero-order valence-electron chi connectivity index (χ0n) is 29.9. The maximum Gasteiger partial charge on any atom is 0.132 e. The summed E-state index contributed by atoms with van der Waals surface area (Å²) in [4.78, 5) is 9.54. The van der Waals surface area contributed by atoms with Crippen LogP contribution in [0.25, 0.3) is 39.0 Å². The lowest BCUT2D eigenvalue weighted by molar-refractivity contribution is 0.388. The molecule has 5 aromatic carbocycles. The van der Waals surface area contributed by atoms with E-state index in [-0.39, 0.29) is 0 Å². The Hall–Kier alpha value is -6.32. The highest BCUT2D eigenvalue weighted by Crippen LogP contribution is 2.62. The molecular weight excluding hydrogens is 645 g/mol. The van der Waals surface area contributed by atoms with Crippen LogP contribution in [0.1, 0.15) is 59.6 Å². The standard InChI is InChI=1S/C50H38N2O/c1-32-26-27-51-31-42(32)39-15-7-6-14-38(39)37-22-24-41-40-16-8-9-17-43(40)50(45(41)29-37)44-18-10-11-19-48(44)53-49-25-23-35(28-46(49)50)36-21-20-33(2)52-47(30-36)34-12-4-3-5-13-34/h3-9,11-17,19-20,22-31H,10,18,21H2,1-2H3. The monoisotopic (exact) mass is 682 g/mol.